The molecule has 118 valence electrons. The zero-order valence-electron chi connectivity index (χ0n) is 11.3. The van der Waals surface area contributed by atoms with Gasteiger partial charge in [0.25, 0.3) is 11.6 Å². The molecule has 0 bridgehead atoms. The first-order chi connectivity index (χ1) is 10.9. The van der Waals surface area contributed by atoms with E-state index in [-0.39, 0.29) is 16.3 Å². The standard InChI is InChI=1S/C14H8Cl3N3O3/c15-10-3-1-8(5-12(10)17)7-18-19-14(21)9-2-4-11(16)13(6-9)20(22)23/h1-7H,(H,19,21)/b18-7+. The smallest absolute Gasteiger partial charge is 0.267 e. The summed E-state index contributed by atoms with van der Waals surface area (Å²) >= 11 is 17.3. The molecule has 2 aromatic carbocycles. The Kier molecular flexibility index (Phi) is 5.54. The number of hydrogen-bond donors (Lipinski definition) is 1. The number of rotatable bonds is 4. The minimum Gasteiger partial charge on any atom is -0.267 e. The summed E-state index contributed by atoms with van der Waals surface area (Å²) in [5, 5.41) is 15.3. The fraction of sp³-hybridized carbons (Fsp3) is 0. The van der Waals surface area contributed by atoms with Gasteiger partial charge in [-0.3, -0.25) is 14.9 Å². The topological polar surface area (TPSA) is 84.6 Å². The molecule has 0 aromatic heterocycles. The summed E-state index contributed by atoms with van der Waals surface area (Å²) in [7, 11) is 0. The van der Waals surface area contributed by atoms with E-state index in [1.165, 1.54) is 18.3 Å². The fourth-order valence-corrected chi connectivity index (χ4v) is 2.11. The van der Waals surface area contributed by atoms with Crippen molar-refractivity contribution in [2.24, 2.45) is 5.10 Å². The second-order valence-corrected chi connectivity index (χ2v) is 5.52. The molecule has 0 fully saturated rings. The van der Waals surface area contributed by atoms with E-state index in [2.05, 4.69) is 10.5 Å². The van der Waals surface area contributed by atoms with Crippen molar-refractivity contribution >= 4 is 52.6 Å². The third-order valence-electron chi connectivity index (χ3n) is 2.73. The van der Waals surface area contributed by atoms with E-state index in [1.807, 2.05) is 0 Å². The molecule has 0 aliphatic heterocycles. The van der Waals surface area contributed by atoms with E-state index in [0.717, 1.165) is 6.07 Å². The highest BCUT2D eigenvalue weighted by Gasteiger charge is 2.15. The minimum atomic E-state index is -0.669. The molecule has 0 spiro atoms. The summed E-state index contributed by atoms with van der Waals surface area (Å²) < 4.78 is 0. The van der Waals surface area contributed by atoms with Crippen molar-refractivity contribution in [3.8, 4) is 0 Å². The first-order valence-electron chi connectivity index (χ1n) is 6.11. The van der Waals surface area contributed by atoms with E-state index in [1.54, 1.807) is 18.2 Å². The molecular weight excluding hydrogens is 365 g/mol. The molecule has 2 rings (SSSR count). The highest BCUT2D eigenvalue weighted by molar-refractivity contribution is 6.42. The molecule has 2 aromatic rings. The molecule has 0 saturated carbocycles. The number of nitrogens with zero attached hydrogens (tertiary/aromatic N) is 2. The lowest BCUT2D eigenvalue weighted by atomic mass is 10.2. The largest absolute Gasteiger partial charge is 0.288 e. The Morgan fingerprint density at radius 1 is 1.09 bits per heavy atom. The van der Waals surface area contributed by atoms with Crippen molar-refractivity contribution in [1.82, 2.24) is 5.43 Å². The van der Waals surface area contributed by atoms with Gasteiger partial charge in [-0.25, -0.2) is 5.43 Å². The summed E-state index contributed by atoms with van der Waals surface area (Å²) in [5.74, 6) is -0.610. The van der Waals surface area contributed by atoms with Crippen LogP contribution in [0.2, 0.25) is 15.1 Å². The number of carbonyl (C=O) groups is 1. The van der Waals surface area contributed by atoms with Gasteiger partial charge in [0.1, 0.15) is 5.02 Å². The number of nitrogens with one attached hydrogen (secondary N) is 1. The van der Waals surface area contributed by atoms with E-state index in [4.69, 9.17) is 34.8 Å². The number of hydrogen-bond acceptors (Lipinski definition) is 4. The molecular formula is C14H8Cl3N3O3. The second-order valence-electron chi connectivity index (χ2n) is 4.30. The van der Waals surface area contributed by atoms with Gasteiger partial charge in [0, 0.05) is 11.6 Å². The zero-order chi connectivity index (χ0) is 17.0. The predicted octanol–water partition coefficient (Wildman–Crippen LogP) is 4.32. The van der Waals surface area contributed by atoms with Gasteiger partial charge in [-0.15, -0.1) is 0 Å². The van der Waals surface area contributed by atoms with Gasteiger partial charge in [-0.2, -0.15) is 5.10 Å². The molecule has 1 amide bonds. The van der Waals surface area contributed by atoms with Crippen LogP contribution in [-0.2, 0) is 0 Å². The van der Waals surface area contributed by atoms with Gasteiger partial charge in [-0.1, -0.05) is 40.9 Å². The van der Waals surface area contributed by atoms with E-state index in [0.29, 0.717) is 15.6 Å². The molecule has 0 radical (unpaired) electrons. The van der Waals surface area contributed by atoms with Gasteiger partial charge in [0.05, 0.1) is 21.2 Å². The Morgan fingerprint density at radius 2 is 1.78 bits per heavy atom. The van der Waals surface area contributed by atoms with Crippen LogP contribution in [0.15, 0.2) is 41.5 Å². The van der Waals surface area contributed by atoms with Crippen LogP contribution < -0.4 is 5.43 Å². The highest BCUT2D eigenvalue weighted by atomic mass is 35.5. The molecule has 0 aliphatic carbocycles. The summed E-state index contributed by atoms with van der Waals surface area (Å²) in [6, 6.07) is 8.54. The average molecular weight is 373 g/mol. The zero-order valence-corrected chi connectivity index (χ0v) is 13.6. The molecule has 1 N–H and O–H groups in total. The van der Waals surface area contributed by atoms with E-state index < -0.39 is 10.8 Å². The number of benzene rings is 2. The molecule has 23 heavy (non-hydrogen) atoms. The Labute approximate surface area is 145 Å². The van der Waals surface area contributed by atoms with Crippen molar-refractivity contribution in [3.05, 3.63) is 72.7 Å². The fourth-order valence-electron chi connectivity index (χ4n) is 1.62. The number of halogens is 3. The van der Waals surface area contributed by atoms with Crippen molar-refractivity contribution in [2.75, 3.05) is 0 Å². The monoisotopic (exact) mass is 371 g/mol. The van der Waals surface area contributed by atoms with Crippen LogP contribution in [0.1, 0.15) is 15.9 Å². The average Bonchev–Trinajstić information content (AvgIpc) is 2.50. The number of carbonyl (C=O) groups excluding carboxylic acids is 1. The maximum absolute atomic E-state index is 11.9. The molecule has 0 aliphatic rings. The summed E-state index contributed by atoms with van der Waals surface area (Å²) in [4.78, 5) is 22.0. The SMILES string of the molecule is O=C(N/N=C/c1ccc(Cl)c(Cl)c1)c1ccc(Cl)c([N+](=O)[O-])c1. The Balaban J connectivity index is 2.10. The first kappa shape index (κ1) is 17.2. The normalized spacial score (nSPS) is 10.7. The molecule has 6 nitrogen and oxygen atoms in total. The molecule has 0 saturated heterocycles. The third kappa shape index (κ3) is 4.41. The minimum absolute atomic E-state index is 0.0501. The third-order valence-corrected chi connectivity index (χ3v) is 3.79. The van der Waals surface area contributed by atoms with Crippen molar-refractivity contribution in [3.63, 3.8) is 0 Å². The van der Waals surface area contributed by atoms with Gasteiger partial charge in [0.2, 0.25) is 0 Å². The Bertz CT molecular complexity index is 809. The lowest BCUT2D eigenvalue weighted by Crippen LogP contribution is -2.17. The number of nitro benzene ring substituents is 1. The van der Waals surface area contributed by atoms with Crippen molar-refractivity contribution < 1.29 is 9.72 Å². The lowest BCUT2D eigenvalue weighted by Gasteiger charge is -2.01. The highest BCUT2D eigenvalue weighted by Crippen LogP contribution is 2.25. The molecule has 0 heterocycles. The molecule has 0 unspecified atom stereocenters. The number of amides is 1. The maximum Gasteiger partial charge on any atom is 0.288 e. The summed E-state index contributed by atoms with van der Waals surface area (Å²) in [6.45, 7) is 0. The second kappa shape index (κ2) is 7.41. The summed E-state index contributed by atoms with van der Waals surface area (Å²) in [6.07, 6.45) is 1.37. The van der Waals surface area contributed by atoms with Crippen LogP contribution in [0.5, 0.6) is 0 Å². The Hall–Kier alpha value is -2.15. The molecule has 0 atom stereocenters. The number of nitro groups is 1. The predicted molar refractivity (Wildman–Crippen MR) is 89.6 cm³/mol. The maximum atomic E-state index is 11.9. The molecule has 9 heteroatoms. The van der Waals surface area contributed by atoms with Crippen LogP contribution in [0.25, 0.3) is 0 Å². The van der Waals surface area contributed by atoms with E-state index in [9.17, 15) is 14.9 Å². The van der Waals surface area contributed by atoms with Crippen LogP contribution in [0.4, 0.5) is 5.69 Å². The van der Waals surface area contributed by atoms with Gasteiger partial charge in [-0.05, 0) is 29.8 Å². The van der Waals surface area contributed by atoms with Gasteiger partial charge < -0.3 is 0 Å². The van der Waals surface area contributed by atoms with Crippen LogP contribution in [0.3, 0.4) is 0 Å². The lowest BCUT2D eigenvalue weighted by molar-refractivity contribution is -0.384. The van der Waals surface area contributed by atoms with Crippen LogP contribution >= 0.6 is 34.8 Å². The van der Waals surface area contributed by atoms with E-state index >= 15 is 0 Å². The van der Waals surface area contributed by atoms with Gasteiger partial charge in [0.15, 0.2) is 0 Å². The van der Waals surface area contributed by atoms with Crippen molar-refractivity contribution in [2.45, 2.75) is 0 Å². The Morgan fingerprint density at radius 3 is 2.43 bits per heavy atom. The van der Waals surface area contributed by atoms with Gasteiger partial charge >= 0.3 is 0 Å². The quantitative estimate of drug-likeness (QED) is 0.493. The van der Waals surface area contributed by atoms with Crippen LogP contribution in [0, 0.1) is 10.1 Å². The van der Waals surface area contributed by atoms with Crippen molar-refractivity contribution in [1.29, 1.82) is 0 Å². The number of hydrazone groups is 1. The first-order valence-corrected chi connectivity index (χ1v) is 7.24. The summed E-state index contributed by atoms with van der Waals surface area (Å²) in [5.41, 5.74) is 2.59. The van der Waals surface area contributed by atoms with Crippen LogP contribution in [-0.4, -0.2) is 17.0 Å².